The van der Waals surface area contributed by atoms with E-state index in [1.165, 1.54) is 6.42 Å². The van der Waals surface area contributed by atoms with Crippen LogP contribution in [0.25, 0.3) is 6.08 Å². The van der Waals surface area contributed by atoms with E-state index in [1.54, 1.807) is 37.3 Å². The summed E-state index contributed by atoms with van der Waals surface area (Å²) < 4.78 is 11.5. The topological polar surface area (TPSA) is 52.6 Å². The first kappa shape index (κ1) is 18.8. The number of hydrogen-bond donors (Lipinski definition) is 0. The zero-order valence-corrected chi connectivity index (χ0v) is 16.4. The van der Waals surface area contributed by atoms with E-state index < -0.39 is 0 Å². The molecule has 0 N–H and O–H groups in total. The molecule has 28 heavy (non-hydrogen) atoms. The predicted octanol–water partition coefficient (Wildman–Crippen LogP) is 5.75. The summed E-state index contributed by atoms with van der Waals surface area (Å²) in [6.07, 6.45) is 6.77. The minimum Gasteiger partial charge on any atom is -0.452 e. The fourth-order valence-corrected chi connectivity index (χ4v) is 3.84. The van der Waals surface area contributed by atoms with E-state index in [0.29, 0.717) is 27.6 Å². The molecular weight excluding hydrogens is 376 g/mol. The fourth-order valence-electron chi connectivity index (χ4n) is 3.72. The summed E-state index contributed by atoms with van der Waals surface area (Å²) in [7, 11) is 0. The van der Waals surface area contributed by atoms with Gasteiger partial charge in [0.1, 0.15) is 11.5 Å². The minimum atomic E-state index is -0.191. The van der Waals surface area contributed by atoms with Crippen molar-refractivity contribution in [3.05, 3.63) is 63.9 Å². The third-order valence-corrected chi connectivity index (χ3v) is 5.61. The number of ether oxygens (including phenoxy) is 2. The molecule has 1 aliphatic carbocycles. The molecule has 1 saturated carbocycles. The van der Waals surface area contributed by atoms with Crippen LogP contribution in [0.5, 0.6) is 11.5 Å². The first-order chi connectivity index (χ1) is 13.5. The van der Waals surface area contributed by atoms with Crippen molar-refractivity contribution in [3.8, 4) is 11.5 Å². The Balaban J connectivity index is 1.56. The van der Waals surface area contributed by atoms with E-state index in [2.05, 4.69) is 0 Å². The highest BCUT2D eigenvalue weighted by Crippen LogP contribution is 2.40. The van der Waals surface area contributed by atoms with Gasteiger partial charge in [-0.1, -0.05) is 43.0 Å². The Morgan fingerprint density at radius 2 is 1.82 bits per heavy atom. The van der Waals surface area contributed by atoms with Gasteiger partial charge in [-0.3, -0.25) is 9.59 Å². The Bertz CT molecular complexity index is 953. The summed E-state index contributed by atoms with van der Waals surface area (Å²) in [5.74, 6) is 0.747. The van der Waals surface area contributed by atoms with Gasteiger partial charge in [-0.2, -0.15) is 0 Å². The van der Waals surface area contributed by atoms with E-state index in [4.69, 9.17) is 21.1 Å². The van der Waals surface area contributed by atoms with E-state index in [-0.39, 0.29) is 23.4 Å². The van der Waals surface area contributed by atoms with Crippen LogP contribution in [0.4, 0.5) is 0 Å². The summed E-state index contributed by atoms with van der Waals surface area (Å²) in [5.41, 5.74) is 1.96. The summed E-state index contributed by atoms with van der Waals surface area (Å²) in [6.45, 7) is 1.81. The van der Waals surface area contributed by atoms with Crippen LogP contribution in [0, 0.1) is 12.8 Å². The smallest absolute Gasteiger partial charge is 0.314 e. The van der Waals surface area contributed by atoms with Crippen LogP contribution in [0.15, 0.2) is 42.2 Å². The van der Waals surface area contributed by atoms with Crippen molar-refractivity contribution < 1.29 is 19.1 Å². The minimum absolute atomic E-state index is 0.0377. The Labute approximate surface area is 169 Å². The largest absolute Gasteiger partial charge is 0.452 e. The molecule has 1 fully saturated rings. The molecule has 5 heteroatoms. The van der Waals surface area contributed by atoms with Crippen molar-refractivity contribution in [2.24, 2.45) is 5.92 Å². The zero-order chi connectivity index (χ0) is 19.7. The van der Waals surface area contributed by atoms with Crippen molar-refractivity contribution in [3.63, 3.8) is 0 Å². The molecule has 1 aliphatic heterocycles. The normalized spacial score (nSPS) is 18.1. The van der Waals surface area contributed by atoms with Gasteiger partial charge < -0.3 is 9.47 Å². The predicted molar refractivity (Wildman–Crippen MR) is 108 cm³/mol. The number of benzene rings is 2. The van der Waals surface area contributed by atoms with Crippen LogP contribution in [0.2, 0.25) is 5.02 Å². The van der Waals surface area contributed by atoms with E-state index >= 15 is 0 Å². The van der Waals surface area contributed by atoms with E-state index in [1.807, 2.05) is 12.1 Å². The highest BCUT2D eigenvalue weighted by molar-refractivity contribution is 6.30. The standard InChI is InChI=1S/C23H21ClO4/c1-14-19(28-23(26)16-5-3-2-4-6-16)12-11-18-21(25)20(27-22(14)18)13-15-7-9-17(24)10-8-15/h7-13,16H,2-6H2,1H3/b20-13-. The molecule has 0 bridgehead atoms. The van der Waals surface area contributed by atoms with Crippen molar-refractivity contribution in [1.29, 1.82) is 0 Å². The van der Waals surface area contributed by atoms with Gasteiger partial charge in [-0.15, -0.1) is 0 Å². The first-order valence-electron chi connectivity index (χ1n) is 9.58. The second kappa shape index (κ2) is 7.80. The number of hydrogen-bond acceptors (Lipinski definition) is 4. The third-order valence-electron chi connectivity index (χ3n) is 5.35. The van der Waals surface area contributed by atoms with Gasteiger partial charge in [-0.25, -0.2) is 0 Å². The highest BCUT2D eigenvalue weighted by atomic mass is 35.5. The number of halogens is 1. The van der Waals surface area contributed by atoms with Gasteiger partial charge >= 0.3 is 5.97 Å². The van der Waals surface area contributed by atoms with E-state index in [9.17, 15) is 9.59 Å². The van der Waals surface area contributed by atoms with Crippen LogP contribution >= 0.6 is 11.6 Å². The summed E-state index contributed by atoms with van der Waals surface area (Å²) in [5, 5.41) is 0.629. The Hall–Kier alpha value is -2.59. The average molecular weight is 397 g/mol. The molecule has 0 spiro atoms. The highest BCUT2D eigenvalue weighted by Gasteiger charge is 2.31. The second-order valence-corrected chi connectivity index (χ2v) is 7.75. The van der Waals surface area contributed by atoms with Crippen molar-refractivity contribution >= 4 is 29.4 Å². The molecule has 0 unspecified atom stereocenters. The molecule has 0 atom stereocenters. The van der Waals surface area contributed by atoms with Crippen molar-refractivity contribution in [1.82, 2.24) is 0 Å². The van der Waals surface area contributed by atoms with Gasteiger partial charge in [0.25, 0.3) is 0 Å². The van der Waals surface area contributed by atoms with Gasteiger partial charge in [0.15, 0.2) is 5.76 Å². The number of Topliss-reactive ketones (excluding diaryl/α,β-unsaturated/α-hetero) is 1. The SMILES string of the molecule is Cc1c(OC(=O)C2CCCCC2)ccc2c1O/C(=C\c1ccc(Cl)cc1)C2=O. The maximum absolute atomic E-state index is 12.7. The lowest BCUT2D eigenvalue weighted by molar-refractivity contribution is -0.140. The number of rotatable bonds is 3. The molecular formula is C23H21ClO4. The van der Waals surface area contributed by atoms with Crippen LogP contribution in [-0.2, 0) is 4.79 Å². The number of esters is 1. The summed E-state index contributed by atoms with van der Waals surface area (Å²) in [4.78, 5) is 25.1. The molecule has 0 aromatic heterocycles. The van der Waals surface area contributed by atoms with Crippen LogP contribution in [0.1, 0.15) is 53.6 Å². The summed E-state index contributed by atoms with van der Waals surface area (Å²) >= 11 is 5.91. The van der Waals surface area contributed by atoms with Crippen LogP contribution in [0.3, 0.4) is 0 Å². The van der Waals surface area contributed by atoms with Crippen molar-refractivity contribution in [2.45, 2.75) is 39.0 Å². The molecule has 4 nitrogen and oxygen atoms in total. The quantitative estimate of drug-likeness (QED) is 0.376. The van der Waals surface area contributed by atoms with Crippen LogP contribution in [-0.4, -0.2) is 11.8 Å². The number of allylic oxidation sites excluding steroid dienone is 1. The molecule has 4 rings (SSSR count). The fraction of sp³-hybridized carbons (Fsp3) is 0.304. The number of ketones is 1. The third kappa shape index (κ3) is 3.69. The van der Waals surface area contributed by atoms with E-state index in [0.717, 1.165) is 31.2 Å². The zero-order valence-electron chi connectivity index (χ0n) is 15.7. The molecule has 0 radical (unpaired) electrons. The van der Waals surface area contributed by atoms with Crippen molar-refractivity contribution in [2.75, 3.05) is 0 Å². The Morgan fingerprint density at radius 1 is 1.11 bits per heavy atom. The summed E-state index contributed by atoms with van der Waals surface area (Å²) in [6, 6.07) is 10.5. The Kier molecular flexibility index (Phi) is 5.23. The lowest BCUT2D eigenvalue weighted by atomic mass is 9.89. The monoisotopic (exact) mass is 396 g/mol. The van der Waals surface area contributed by atoms with Gasteiger partial charge in [0.2, 0.25) is 5.78 Å². The number of fused-ring (bicyclic) bond motifs is 1. The molecule has 2 aromatic carbocycles. The number of carbonyl (C=O) groups is 2. The lowest BCUT2D eigenvalue weighted by Gasteiger charge is -2.20. The number of carbonyl (C=O) groups excluding carboxylic acids is 2. The second-order valence-electron chi connectivity index (χ2n) is 7.31. The maximum atomic E-state index is 12.7. The molecule has 1 heterocycles. The van der Waals surface area contributed by atoms with Gasteiger partial charge in [0.05, 0.1) is 11.5 Å². The maximum Gasteiger partial charge on any atom is 0.314 e. The molecule has 2 aliphatic rings. The van der Waals surface area contributed by atoms with Crippen LogP contribution < -0.4 is 9.47 Å². The molecule has 0 saturated heterocycles. The average Bonchev–Trinajstić information content (AvgIpc) is 3.03. The van der Waals surface area contributed by atoms with Gasteiger partial charge in [-0.05, 0) is 55.7 Å². The molecule has 2 aromatic rings. The first-order valence-corrected chi connectivity index (χ1v) is 9.96. The molecule has 144 valence electrons. The molecule has 0 amide bonds. The Morgan fingerprint density at radius 3 is 2.54 bits per heavy atom. The lowest BCUT2D eigenvalue weighted by Crippen LogP contribution is -2.23. The van der Waals surface area contributed by atoms with Gasteiger partial charge in [0, 0.05) is 10.6 Å².